The van der Waals surface area contributed by atoms with Crippen molar-refractivity contribution in [2.24, 2.45) is 0 Å². The molecule has 8 nitrogen and oxygen atoms in total. The van der Waals surface area contributed by atoms with Gasteiger partial charge in [0.15, 0.2) is 0 Å². The summed E-state index contributed by atoms with van der Waals surface area (Å²) in [6.07, 6.45) is -0.304. The van der Waals surface area contributed by atoms with Crippen molar-refractivity contribution in [1.29, 1.82) is 0 Å². The molecule has 0 unspecified atom stereocenters. The van der Waals surface area contributed by atoms with Crippen LogP contribution in [0.25, 0.3) is 0 Å². The van der Waals surface area contributed by atoms with E-state index in [1.807, 2.05) is 13.0 Å². The van der Waals surface area contributed by atoms with Crippen molar-refractivity contribution in [2.45, 2.75) is 51.3 Å². The second kappa shape index (κ2) is 8.81. The predicted octanol–water partition coefficient (Wildman–Crippen LogP) is 0.681. The molecule has 9 heteroatoms. The average molecular weight is 397 g/mol. The maximum atomic E-state index is 13.1. The van der Waals surface area contributed by atoms with Gasteiger partial charge >= 0.3 is 11.8 Å². The molecular weight excluding hydrogens is 370 g/mol. The van der Waals surface area contributed by atoms with Crippen molar-refractivity contribution in [3.8, 4) is 0 Å². The Bertz CT molecular complexity index is 807. The van der Waals surface area contributed by atoms with Crippen molar-refractivity contribution in [1.82, 2.24) is 14.9 Å². The number of benzene rings is 1. The fourth-order valence-electron chi connectivity index (χ4n) is 2.80. The van der Waals surface area contributed by atoms with E-state index in [0.717, 1.165) is 5.56 Å². The second-order valence-corrected chi connectivity index (χ2v) is 8.76. The summed E-state index contributed by atoms with van der Waals surface area (Å²) in [6.45, 7) is 7.63. The van der Waals surface area contributed by atoms with Gasteiger partial charge in [0, 0.05) is 12.6 Å². The number of carbonyl (C=O) groups is 2. The van der Waals surface area contributed by atoms with E-state index in [1.54, 1.807) is 32.9 Å². The number of nitrogens with zero attached hydrogens (tertiary/aromatic N) is 1. The lowest BCUT2D eigenvalue weighted by Gasteiger charge is -2.35. The summed E-state index contributed by atoms with van der Waals surface area (Å²) in [7, 11) is -3.80. The Morgan fingerprint density at radius 3 is 2.63 bits per heavy atom. The maximum Gasteiger partial charge on any atom is 0.309 e. The molecule has 150 valence electrons. The number of hydrogen-bond donors (Lipinski definition) is 2. The van der Waals surface area contributed by atoms with E-state index in [-0.39, 0.29) is 24.0 Å². The molecule has 0 saturated carbocycles. The third-order valence-electron chi connectivity index (χ3n) is 4.15. The number of aryl methyl sites for hydroxylation is 2. The number of carbonyl (C=O) groups excluding carboxylic acids is 2. The topological polar surface area (TPSA) is 105 Å². The van der Waals surface area contributed by atoms with Crippen LogP contribution in [0.2, 0.25) is 0 Å². The molecule has 1 heterocycles. The van der Waals surface area contributed by atoms with E-state index < -0.39 is 28.1 Å². The van der Waals surface area contributed by atoms with E-state index in [1.165, 1.54) is 4.31 Å². The molecule has 1 aliphatic heterocycles. The van der Waals surface area contributed by atoms with Gasteiger partial charge in [0.25, 0.3) is 0 Å². The lowest BCUT2D eigenvalue weighted by atomic mass is 10.2. The van der Waals surface area contributed by atoms with Crippen molar-refractivity contribution < 1.29 is 22.7 Å². The van der Waals surface area contributed by atoms with Crippen molar-refractivity contribution in [3.63, 3.8) is 0 Å². The quantitative estimate of drug-likeness (QED) is 0.711. The van der Waals surface area contributed by atoms with Crippen molar-refractivity contribution in [3.05, 3.63) is 29.3 Å². The predicted molar refractivity (Wildman–Crippen MR) is 100 cm³/mol. The lowest BCUT2D eigenvalue weighted by molar-refractivity contribution is -0.140. The second-order valence-electron chi connectivity index (χ2n) is 6.90. The lowest BCUT2D eigenvalue weighted by Crippen LogP contribution is -2.53. The van der Waals surface area contributed by atoms with E-state index >= 15 is 0 Å². The zero-order valence-electron chi connectivity index (χ0n) is 16.1. The molecule has 0 aliphatic carbocycles. The molecule has 0 aromatic heterocycles. The average Bonchev–Trinajstić information content (AvgIpc) is 2.61. The summed E-state index contributed by atoms with van der Waals surface area (Å²) in [5.74, 6) is -1.58. The highest BCUT2D eigenvalue weighted by atomic mass is 32.2. The highest BCUT2D eigenvalue weighted by Crippen LogP contribution is 2.25. The normalized spacial score (nSPS) is 18.3. The van der Waals surface area contributed by atoms with Crippen LogP contribution in [0.1, 0.15) is 31.4 Å². The smallest absolute Gasteiger partial charge is 0.309 e. The minimum atomic E-state index is -3.80. The van der Waals surface area contributed by atoms with E-state index in [0.29, 0.717) is 18.6 Å². The monoisotopic (exact) mass is 397 g/mol. The zero-order chi connectivity index (χ0) is 20.2. The molecule has 1 aliphatic rings. The molecule has 2 amide bonds. The minimum Gasteiger partial charge on any atom is -0.360 e. The van der Waals surface area contributed by atoms with Crippen LogP contribution in [-0.4, -0.2) is 56.5 Å². The first-order chi connectivity index (χ1) is 12.6. The first-order valence-electron chi connectivity index (χ1n) is 8.92. The number of amides is 2. The molecule has 1 saturated heterocycles. The summed E-state index contributed by atoms with van der Waals surface area (Å²) in [6, 6.07) is 5.08. The van der Waals surface area contributed by atoms with E-state index in [2.05, 4.69) is 10.6 Å². The molecule has 27 heavy (non-hydrogen) atoms. The summed E-state index contributed by atoms with van der Waals surface area (Å²) in [5, 5.41) is 4.94. The molecule has 1 aromatic carbocycles. The summed E-state index contributed by atoms with van der Waals surface area (Å²) in [4.78, 5) is 23.8. The van der Waals surface area contributed by atoms with Crippen LogP contribution in [0.4, 0.5) is 0 Å². The molecule has 2 N–H and O–H groups in total. The standard InChI is InChI=1S/C18H27N3O5S/c1-12(2)20-18(23)17(22)19-11-16-21(8-5-9-26-16)27(24,25)15-10-13(3)6-7-14(15)4/h6-7,10,12,16H,5,8-9,11H2,1-4H3,(H,19,22)(H,20,23)/t16-/m1/s1. The first kappa shape index (κ1) is 21.3. The van der Waals surface area contributed by atoms with Gasteiger partial charge in [0.05, 0.1) is 18.0 Å². The van der Waals surface area contributed by atoms with Crippen molar-refractivity contribution in [2.75, 3.05) is 19.7 Å². The fraction of sp³-hybridized carbons (Fsp3) is 0.556. The van der Waals surface area contributed by atoms with Crippen LogP contribution in [0, 0.1) is 13.8 Å². The summed E-state index contributed by atoms with van der Waals surface area (Å²) >= 11 is 0. The van der Waals surface area contributed by atoms with Crippen molar-refractivity contribution >= 4 is 21.8 Å². The Kier molecular flexibility index (Phi) is 6.96. The third kappa shape index (κ3) is 5.27. The molecule has 0 radical (unpaired) electrons. The Balaban J connectivity index is 2.16. The number of rotatable bonds is 5. The third-order valence-corrected chi connectivity index (χ3v) is 6.18. The van der Waals surface area contributed by atoms with Gasteiger partial charge in [-0.15, -0.1) is 0 Å². The number of sulfonamides is 1. The van der Waals surface area contributed by atoms with Crippen LogP contribution >= 0.6 is 0 Å². The van der Waals surface area contributed by atoms with Gasteiger partial charge in [-0.3, -0.25) is 9.59 Å². The maximum absolute atomic E-state index is 13.1. The summed E-state index contributed by atoms with van der Waals surface area (Å²) in [5.41, 5.74) is 1.48. The fourth-order valence-corrected chi connectivity index (χ4v) is 4.68. The Labute approximate surface area is 160 Å². The van der Waals surface area contributed by atoms with Gasteiger partial charge in [-0.1, -0.05) is 12.1 Å². The molecule has 1 aromatic rings. The SMILES string of the molecule is Cc1ccc(C)c(S(=O)(=O)N2CCCO[C@@H]2CNC(=O)C(=O)NC(C)C)c1. The molecule has 2 rings (SSSR count). The van der Waals surface area contributed by atoms with Gasteiger partial charge in [0.1, 0.15) is 6.23 Å². The van der Waals surface area contributed by atoms with Crippen LogP contribution in [0.15, 0.2) is 23.1 Å². The van der Waals surface area contributed by atoms with Crippen LogP contribution in [0.3, 0.4) is 0 Å². The minimum absolute atomic E-state index is 0.103. The first-order valence-corrected chi connectivity index (χ1v) is 10.4. The molecule has 0 bridgehead atoms. The number of hydrogen-bond acceptors (Lipinski definition) is 5. The number of nitrogens with one attached hydrogen (secondary N) is 2. The van der Waals surface area contributed by atoms with Gasteiger partial charge in [0.2, 0.25) is 10.0 Å². The molecule has 1 atom stereocenters. The Morgan fingerprint density at radius 1 is 1.26 bits per heavy atom. The largest absolute Gasteiger partial charge is 0.360 e. The molecule has 0 spiro atoms. The van der Waals surface area contributed by atoms with E-state index in [9.17, 15) is 18.0 Å². The highest BCUT2D eigenvalue weighted by Gasteiger charge is 2.35. The summed E-state index contributed by atoms with van der Waals surface area (Å²) < 4.78 is 33.1. The van der Waals surface area contributed by atoms with Gasteiger partial charge in [-0.25, -0.2) is 8.42 Å². The Morgan fingerprint density at radius 2 is 1.96 bits per heavy atom. The van der Waals surface area contributed by atoms with E-state index in [4.69, 9.17) is 4.74 Å². The van der Waals surface area contributed by atoms with Crippen LogP contribution in [-0.2, 0) is 24.3 Å². The van der Waals surface area contributed by atoms with Crippen LogP contribution < -0.4 is 10.6 Å². The van der Waals surface area contributed by atoms with Crippen LogP contribution in [0.5, 0.6) is 0 Å². The van der Waals surface area contributed by atoms with Gasteiger partial charge < -0.3 is 15.4 Å². The number of ether oxygens (including phenoxy) is 1. The molecular formula is C18H27N3O5S. The highest BCUT2D eigenvalue weighted by molar-refractivity contribution is 7.89. The Hall–Kier alpha value is -1.97. The zero-order valence-corrected chi connectivity index (χ0v) is 16.9. The van der Waals surface area contributed by atoms with Gasteiger partial charge in [-0.05, 0) is 51.3 Å². The molecule has 1 fully saturated rings. The van der Waals surface area contributed by atoms with Gasteiger partial charge in [-0.2, -0.15) is 4.31 Å².